The van der Waals surface area contributed by atoms with Crippen LogP contribution in [0.1, 0.15) is 6.42 Å². The lowest BCUT2D eigenvalue weighted by molar-refractivity contribution is -0.117. The van der Waals surface area contributed by atoms with Gasteiger partial charge in [-0.1, -0.05) is 0 Å². The van der Waals surface area contributed by atoms with E-state index in [2.05, 4.69) is 10.6 Å². The van der Waals surface area contributed by atoms with Crippen molar-refractivity contribution in [3.8, 4) is 5.75 Å². The number of benzene rings is 2. The molecule has 7 heteroatoms. The molecule has 0 aromatic heterocycles. The number of hydrogen-bond donors (Lipinski definition) is 2. The summed E-state index contributed by atoms with van der Waals surface area (Å²) in [4.78, 5) is 25.8. The van der Waals surface area contributed by atoms with E-state index in [9.17, 15) is 14.0 Å². The standard InChI is InChI=1S/C18H18FN3O3/c1-25-16-8-6-15(7-9-16)22-11-14(10-17(22)23)21-18(24)20-13-4-2-12(19)3-5-13/h2-9,14H,10-11H2,1H3,(H2,20,21,24). The van der Waals surface area contributed by atoms with Crippen LogP contribution in [0.15, 0.2) is 48.5 Å². The van der Waals surface area contributed by atoms with E-state index in [1.807, 2.05) is 0 Å². The monoisotopic (exact) mass is 343 g/mol. The third-order valence-corrected chi connectivity index (χ3v) is 3.95. The van der Waals surface area contributed by atoms with E-state index in [1.54, 1.807) is 36.3 Å². The van der Waals surface area contributed by atoms with Crippen LogP contribution in [0.2, 0.25) is 0 Å². The van der Waals surface area contributed by atoms with Crippen molar-refractivity contribution in [3.63, 3.8) is 0 Å². The highest BCUT2D eigenvalue weighted by Crippen LogP contribution is 2.24. The number of nitrogens with zero attached hydrogens (tertiary/aromatic N) is 1. The van der Waals surface area contributed by atoms with E-state index in [1.165, 1.54) is 24.3 Å². The molecule has 1 unspecified atom stereocenters. The van der Waals surface area contributed by atoms with E-state index < -0.39 is 6.03 Å². The molecule has 1 aliphatic rings. The van der Waals surface area contributed by atoms with Crippen molar-refractivity contribution in [1.29, 1.82) is 0 Å². The Hall–Kier alpha value is -3.09. The minimum Gasteiger partial charge on any atom is -0.497 e. The first-order chi connectivity index (χ1) is 12.0. The Morgan fingerprint density at radius 3 is 2.48 bits per heavy atom. The number of halogens is 1. The molecule has 0 radical (unpaired) electrons. The topological polar surface area (TPSA) is 70.7 Å². The summed E-state index contributed by atoms with van der Waals surface area (Å²) < 4.78 is 18.0. The lowest BCUT2D eigenvalue weighted by atomic mass is 10.2. The van der Waals surface area contributed by atoms with Gasteiger partial charge >= 0.3 is 6.03 Å². The van der Waals surface area contributed by atoms with Crippen LogP contribution >= 0.6 is 0 Å². The minimum absolute atomic E-state index is 0.0581. The third-order valence-electron chi connectivity index (χ3n) is 3.95. The van der Waals surface area contributed by atoms with Crippen molar-refractivity contribution in [2.45, 2.75) is 12.5 Å². The molecule has 2 aromatic rings. The van der Waals surface area contributed by atoms with Crippen molar-refractivity contribution in [3.05, 3.63) is 54.3 Å². The molecule has 0 saturated carbocycles. The second-order valence-corrected chi connectivity index (χ2v) is 5.71. The molecule has 0 aliphatic carbocycles. The van der Waals surface area contributed by atoms with Gasteiger partial charge in [-0.3, -0.25) is 4.79 Å². The number of carbonyl (C=O) groups is 2. The first-order valence-corrected chi connectivity index (χ1v) is 7.82. The molecule has 3 amide bonds. The fourth-order valence-electron chi connectivity index (χ4n) is 2.70. The molecule has 1 aliphatic heterocycles. The number of urea groups is 1. The van der Waals surface area contributed by atoms with Crippen LogP contribution in [-0.4, -0.2) is 31.6 Å². The van der Waals surface area contributed by atoms with Crippen LogP contribution in [0.5, 0.6) is 5.75 Å². The molecular weight excluding hydrogens is 325 g/mol. The third kappa shape index (κ3) is 4.06. The Morgan fingerprint density at radius 2 is 1.84 bits per heavy atom. The highest BCUT2D eigenvalue weighted by molar-refractivity contribution is 5.97. The van der Waals surface area contributed by atoms with Crippen LogP contribution in [0.3, 0.4) is 0 Å². The maximum atomic E-state index is 12.9. The van der Waals surface area contributed by atoms with Gasteiger partial charge in [0, 0.05) is 24.3 Å². The Morgan fingerprint density at radius 1 is 1.16 bits per heavy atom. The second-order valence-electron chi connectivity index (χ2n) is 5.71. The van der Waals surface area contributed by atoms with E-state index in [4.69, 9.17) is 4.74 Å². The molecular formula is C18H18FN3O3. The number of nitrogens with one attached hydrogen (secondary N) is 2. The van der Waals surface area contributed by atoms with Gasteiger partial charge in [0.1, 0.15) is 11.6 Å². The molecule has 1 atom stereocenters. The van der Waals surface area contributed by atoms with Gasteiger partial charge in [-0.05, 0) is 48.5 Å². The number of amides is 3. The smallest absolute Gasteiger partial charge is 0.319 e. The average Bonchev–Trinajstić information content (AvgIpc) is 2.97. The normalized spacial score (nSPS) is 16.6. The van der Waals surface area contributed by atoms with Crippen molar-refractivity contribution >= 4 is 23.3 Å². The van der Waals surface area contributed by atoms with E-state index in [-0.39, 0.29) is 24.2 Å². The van der Waals surface area contributed by atoms with E-state index in [0.717, 1.165) is 5.69 Å². The maximum Gasteiger partial charge on any atom is 0.319 e. The fraction of sp³-hybridized carbons (Fsp3) is 0.222. The van der Waals surface area contributed by atoms with Crippen LogP contribution in [0.25, 0.3) is 0 Å². The molecule has 0 bridgehead atoms. The first kappa shape index (κ1) is 16.8. The number of rotatable bonds is 4. The Balaban J connectivity index is 1.58. The van der Waals surface area contributed by atoms with Gasteiger partial charge in [-0.15, -0.1) is 0 Å². The molecule has 130 valence electrons. The van der Waals surface area contributed by atoms with Crippen molar-refractivity contribution in [1.82, 2.24) is 5.32 Å². The molecule has 6 nitrogen and oxygen atoms in total. The summed E-state index contributed by atoms with van der Waals surface area (Å²) >= 11 is 0. The predicted molar refractivity (Wildman–Crippen MR) is 92.3 cm³/mol. The van der Waals surface area contributed by atoms with Gasteiger partial charge in [0.15, 0.2) is 0 Å². The first-order valence-electron chi connectivity index (χ1n) is 7.82. The van der Waals surface area contributed by atoms with Gasteiger partial charge in [0.05, 0.1) is 13.2 Å². The molecule has 2 N–H and O–H groups in total. The zero-order valence-electron chi connectivity index (χ0n) is 13.7. The Labute approximate surface area is 144 Å². The Kier molecular flexibility index (Phi) is 4.83. The quantitative estimate of drug-likeness (QED) is 0.897. The number of carbonyl (C=O) groups excluding carboxylic acids is 2. The van der Waals surface area contributed by atoms with Gasteiger partial charge in [-0.2, -0.15) is 0 Å². The predicted octanol–water partition coefficient (Wildman–Crippen LogP) is 2.76. The Bertz CT molecular complexity index is 762. The fourth-order valence-corrected chi connectivity index (χ4v) is 2.70. The molecule has 3 rings (SSSR count). The van der Waals surface area contributed by atoms with Gasteiger partial charge in [-0.25, -0.2) is 9.18 Å². The van der Waals surface area contributed by atoms with Crippen LogP contribution in [0.4, 0.5) is 20.6 Å². The molecule has 1 saturated heterocycles. The SMILES string of the molecule is COc1ccc(N2CC(NC(=O)Nc3ccc(F)cc3)CC2=O)cc1. The molecule has 1 fully saturated rings. The lowest BCUT2D eigenvalue weighted by Gasteiger charge is -2.17. The summed E-state index contributed by atoms with van der Waals surface area (Å²) in [5.41, 5.74) is 1.24. The van der Waals surface area contributed by atoms with Gasteiger partial charge in [0.2, 0.25) is 5.91 Å². The van der Waals surface area contributed by atoms with Crippen molar-refractivity contribution in [2.24, 2.45) is 0 Å². The summed E-state index contributed by atoms with van der Waals surface area (Å²) in [6.07, 6.45) is 0.225. The lowest BCUT2D eigenvalue weighted by Crippen LogP contribution is -2.39. The number of anilines is 2. The number of ether oxygens (including phenoxy) is 1. The number of methoxy groups -OCH3 is 1. The summed E-state index contributed by atoms with van der Waals surface area (Å²) in [6.45, 7) is 0.391. The van der Waals surface area contributed by atoms with E-state index in [0.29, 0.717) is 18.0 Å². The van der Waals surface area contributed by atoms with Crippen LogP contribution in [0, 0.1) is 5.82 Å². The number of hydrogen-bond acceptors (Lipinski definition) is 3. The maximum absolute atomic E-state index is 12.9. The highest BCUT2D eigenvalue weighted by Gasteiger charge is 2.31. The van der Waals surface area contributed by atoms with Gasteiger partial charge in [0.25, 0.3) is 0 Å². The highest BCUT2D eigenvalue weighted by atomic mass is 19.1. The minimum atomic E-state index is -0.430. The second kappa shape index (κ2) is 7.21. The molecule has 2 aromatic carbocycles. The molecule has 1 heterocycles. The summed E-state index contributed by atoms with van der Waals surface area (Å²) in [7, 11) is 1.58. The van der Waals surface area contributed by atoms with Crippen molar-refractivity contribution in [2.75, 3.05) is 23.9 Å². The summed E-state index contributed by atoms with van der Waals surface area (Å²) in [5, 5.41) is 5.38. The van der Waals surface area contributed by atoms with Crippen LogP contribution in [-0.2, 0) is 4.79 Å². The summed E-state index contributed by atoms with van der Waals surface area (Å²) in [6, 6.07) is 11.9. The zero-order valence-corrected chi connectivity index (χ0v) is 13.7. The van der Waals surface area contributed by atoms with Crippen LogP contribution < -0.4 is 20.3 Å². The molecule has 25 heavy (non-hydrogen) atoms. The van der Waals surface area contributed by atoms with Crippen molar-refractivity contribution < 1.29 is 18.7 Å². The van der Waals surface area contributed by atoms with E-state index >= 15 is 0 Å². The largest absolute Gasteiger partial charge is 0.497 e. The molecule has 0 spiro atoms. The summed E-state index contributed by atoms with van der Waals surface area (Å²) in [5.74, 6) is 0.281. The zero-order chi connectivity index (χ0) is 17.8. The van der Waals surface area contributed by atoms with Gasteiger partial charge < -0.3 is 20.3 Å². The average molecular weight is 343 g/mol.